The van der Waals surface area contributed by atoms with Crippen LogP contribution in [0.3, 0.4) is 0 Å². The number of hydrogen-bond donors (Lipinski definition) is 1. The minimum atomic E-state index is -3.50. The van der Waals surface area contributed by atoms with E-state index in [1.807, 2.05) is 0 Å². The third kappa shape index (κ3) is 3.29. The molecule has 0 aliphatic carbocycles. The molecule has 2 rings (SSSR count). The van der Waals surface area contributed by atoms with Gasteiger partial charge in [0.05, 0.1) is 4.90 Å². The first kappa shape index (κ1) is 14.8. The number of fused-ring (bicyclic) bond motifs is 1. The molecule has 1 N–H and O–H groups in total. The van der Waals surface area contributed by atoms with Gasteiger partial charge in [0, 0.05) is 25.4 Å². The van der Waals surface area contributed by atoms with E-state index in [9.17, 15) is 12.8 Å². The molecule has 5 nitrogen and oxygen atoms in total. The molecule has 0 amide bonds. The van der Waals surface area contributed by atoms with E-state index in [4.69, 9.17) is 9.47 Å². The van der Waals surface area contributed by atoms with E-state index in [0.29, 0.717) is 13.1 Å². The number of halogens is 1. The van der Waals surface area contributed by atoms with Crippen LogP contribution in [-0.2, 0) is 9.84 Å². The lowest BCUT2D eigenvalue weighted by Gasteiger charge is -2.27. The second-order valence-corrected chi connectivity index (χ2v) is 6.52. The molecular formula is C13H16FNO4S. The van der Waals surface area contributed by atoms with Crippen molar-refractivity contribution in [1.29, 1.82) is 0 Å². The van der Waals surface area contributed by atoms with Crippen LogP contribution in [0.2, 0.25) is 0 Å². The van der Waals surface area contributed by atoms with Crippen molar-refractivity contribution in [2.24, 2.45) is 0 Å². The van der Waals surface area contributed by atoms with E-state index in [2.05, 4.69) is 11.9 Å². The highest BCUT2D eigenvalue weighted by atomic mass is 32.2. The molecule has 1 unspecified atom stereocenters. The lowest BCUT2D eigenvalue weighted by molar-refractivity contribution is 0.0864. The van der Waals surface area contributed by atoms with Crippen molar-refractivity contribution >= 4 is 9.84 Å². The van der Waals surface area contributed by atoms with Gasteiger partial charge < -0.3 is 14.8 Å². The van der Waals surface area contributed by atoms with E-state index in [-0.39, 0.29) is 29.1 Å². The highest BCUT2D eigenvalue weighted by molar-refractivity contribution is 7.90. The third-order valence-electron chi connectivity index (χ3n) is 2.78. The topological polar surface area (TPSA) is 64.6 Å². The van der Waals surface area contributed by atoms with Crippen molar-refractivity contribution in [1.82, 2.24) is 5.32 Å². The zero-order valence-electron chi connectivity index (χ0n) is 11.1. The standard InChI is InChI=1S/C13H16FNO4S/c1-3-4-15-7-9-8-18-13-11(14)5-10(20(2,16)17)6-12(13)19-9/h3,5-6,9,15H,1,4,7-8H2,2H3. The average Bonchev–Trinajstić information content (AvgIpc) is 2.37. The zero-order valence-corrected chi connectivity index (χ0v) is 11.9. The van der Waals surface area contributed by atoms with Gasteiger partial charge in [-0.15, -0.1) is 6.58 Å². The molecule has 1 aromatic rings. The molecule has 0 fully saturated rings. The number of sulfone groups is 1. The van der Waals surface area contributed by atoms with Crippen LogP contribution in [-0.4, -0.2) is 40.5 Å². The maximum Gasteiger partial charge on any atom is 0.197 e. The van der Waals surface area contributed by atoms with Crippen LogP contribution in [0.25, 0.3) is 0 Å². The van der Waals surface area contributed by atoms with E-state index >= 15 is 0 Å². The molecule has 1 aliphatic heterocycles. The predicted molar refractivity (Wildman–Crippen MR) is 72.5 cm³/mol. The van der Waals surface area contributed by atoms with Crippen molar-refractivity contribution in [2.45, 2.75) is 11.0 Å². The number of ether oxygens (including phenoxy) is 2. The van der Waals surface area contributed by atoms with Crippen LogP contribution in [0.1, 0.15) is 0 Å². The smallest absolute Gasteiger partial charge is 0.197 e. The van der Waals surface area contributed by atoms with Crippen molar-refractivity contribution in [2.75, 3.05) is 26.0 Å². The number of hydrogen-bond acceptors (Lipinski definition) is 5. The van der Waals surface area contributed by atoms with Gasteiger partial charge in [-0.1, -0.05) is 6.08 Å². The van der Waals surface area contributed by atoms with Crippen molar-refractivity contribution in [3.63, 3.8) is 0 Å². The molecule has 0 aromatic heterocycles. The summed E-state index contributed by atoms with van der Waals surface area (Å²) in [4.78, 5) is -0.128. The third-order valence-corrected chi connectivity index (χ3v) is 3.87. The molecule has 1 heterocycles. The fourth-order valence-corrected chi connectivity index (χ4v) is 2.46. The van der Waals surface area contributed by atoms with Gasteiger partial charge in [0.2, 0.25) is 0 Å². The van der Waals surface area contributed by atoms with Crippen LogP contribution < -0.4 is 14.8 Å². The quantitative estimate of drug-likeness (QED) is 0.653. The Bertz CT molecular complexity index is 615. The summed E-state index contributed by atoms with van der Waals surface area (Å²) in [6.45, 7) is 4.89. The lowest BCUT2D eigenvalue weighted by atomic mass is 10.2. The summed E-state index contributed by atoms with van der Waals surface area (Å²) in [5.41, 5.74) is 0. The summed E-state index contributed by atoms with van der Waals surface area (Å²) in [5.74, 6) is -0.667. The highest BCUT2D eigenvalue weighted by Crippen LogP contribution is 2.36. The maximum atomic E-state index is 13.8. The molecule has 0 saturated carbocycles. The summed E-state index contributed by atoms with van der Waals surface area (Å²) < 4.78 is 47.6. The van der Waals surface area contributed by atoms with Crippen LogP contribution >= 0.6 is 0 Å². The summed E-state index contributed by atoms with van der Waals surface area (Å²) in [6.07, 6.45) is 2.41. The van der Waals surface area contributed by atoms with Gasteiger partial charge in [0.1, 0.15) is 12.7 Å². The van der Waals surface area contributed by atoms with Crippen molar-refractivity contribution in [3.05, 3.63) is 30.6 Å². The Morgan fingerprint density at radius 2 is 2.30 bits per heavy atom. The minimum Gasteiger partial charge on any atom is -0.483 e. The molecule has 1 atom stereocenters. The molecule has 110 valence electrons. The number of nitrogens with one attached hydrogen (secondary N) is 1. The molecule has 0 spiro atoms. The molecular weight excluding hydrogens is 285 g/mol. The van der Waals surface area contributed by atoms with Gasteiger partial charge in [-0.05, 0) is 6.07 Å². The summed E-state index contributed by atoms with van der Waals surface area (Å²) in [7, 11) is -3.50. The van der Waals surface area contributed by atoms with E-state index in [1.54, 1.807) is 6.08 Å². The highest BCUT2D eigenvalue weighted by Gasteiger charge is 2.26. The fourth-order valence-electron chi connectivity index (χ4n) is 1.82. The fraction of sp³-hybridized carbons (Fsp3) is 0.385. The maximum absolute atomic E-state index is 13.8. The minimum absolute atomic E-state index is 0.0441. The van der Waals surface area contributed by atoms with Gasteiger partial charge in [-0.25, -0.2) is 12.8 Å². The number of benzene rings is 1. The molecule has 0 radical (unpaired) electrons. The Labute approximate surface area is 117 Å². The Morgan fingerprint density at radius 3 is 2.95 bits per heavy atom. The normalized spacial score (nSPS) is 17.8. The Morgan fingerprint density at radius 1 is 1.55 bits per heavy atom. The first-order valence-corrected chi connectivity index (χ1v) is 7.95. The number of rotatable bonds is 5. The second-order valence-electron chi connectivity index (χ2n) is 4.50. The average molecular weight is 301 g/mol. The van der Waals surface area contributed by atoms with Crippen LogP contribution in [0.4, 0.5) is 4.39 Å². The van der Waals surface area contributed by atoms with Crippen molar-refractivity contribution < 1.29 is 22.3 Å². The summed E-state index contributed by atoms with van der Waals surface area (Å²) >= 11 is 0. The molecule has 0 bridgehead atoms. The molecule has 20 heavy (non-hydrogen) atoms. The van der Waals surface area contributed by atoms with Gasteiger partial charge in [0.25, 0.3) is 0 Å². The van der Waals surface area contributed by atoms with Crippen LogP contribution in [0, 0.1) is 5.82 Å². The Kier molecular flexibility index (Phi) is 4.29. The van der Waals surface area contributed by atoms with E-state index in [1.165, 1.54) is 6.07 Å². The lowest BCUT2D eigenvalue weighted by Crippen LogP contribution is -2.38. The molecule has 1 aromatic carbocycles. The van der Waals surface area contributed by atoms with Gasteiger partial charge in [0.15, 0.2) is 27.2 Å². The van der Waals surface area contributed by atoms with E-state index < -0.39 is 15.7 Å². The molecule has 7 heteroatoms. The monoisotopic (exact) mass is 301 g/mol. The van der Waals surface area contributed by atoms with Crippen LogP contribution in [0.15, 0.2) is 29.7 Å². The molecule has 0 saturated heterocycles. The first-order valence-electron chi connectivity index (χ1n) is 6.06. The van der Waals surface area contributed by atoms with E-state index in [0.717, 1.165) is 12.3 Å². The van der Waals surface area contributed by atoms with Crippen LogP contribution in [0.5, 0.6) is 11.5 Å². The molecule has 1 aliphatic rings. The largest absolute Gasteiger partial charge is 0.483 e. The predicted octanol–water partition coefficient (Wildman–Crippen LogP) is 1.14. The van der Waals surface area contributed by atoms with Gasteiger partial charge in [-0.3, -0.25) is 0 Å². The Balaban J connectivity index is 2.21. The summed E-state index contributed by atoms with van der Waals surface area (Å²) in [6, 6.07) is 2.22. The second kappa shape index (κ2) is 5.80. The van der Waals surface area contributed by atoms with Gasteiger partial charge >= 0.3 is 0 Å². The van der Waals surface area contributed by atoms with Gasteiger partial charge in [-0.2, -0.15) is 0 Å². The first-order chi connectivity index (χ1) is 9.41. The Hall–Kier alpha value is -1.60. The summed E-state index contributed by atoms with van der Waals surface area (Å²) in [5, 5.41) is 3.06. The van der Waals surface area contributed by atoms with Crippen molar-refractivity contribution in [3.8, 4) is 11.5 Å². The SMILES string of the molecule is C=CCNCC1COc2c(F)cc(S(C)(=O)=O)cc2O1. The zero-order chi connectivity index (χ0) is 14.8.